The summed E-state index contributed by atoms with van der Waals surface area (Å²) in [7, 11) is 0. The highest BCUT2D eigenvalue weighted by Crippen LogP contribution is 2.38. The van der Waals surface area contributed by atoms with Crippen molar-refractivity contribution in [3.63, 3.8) is 0 Å². The van der Waals surface area contributed by atoms with Gasteiger partial charge in [0.15, 0.2) is 5.82 Å². The van der Waals surface area contributed by atoms with E-state index in [2.05, 4.69) is 31.8 Å². The lowest BCUT2D eigenvalue weighted by Crippen LogP contribution is -2.54. The average molecular weight is 316 g/mol. The molecule has 0 bridgehead atoms. The molecule has 3 heterocycles. The molecule has 23 heavy (non-hydrogen) atoms. The van der Waals surface area contributed by atoms with Gasteiger partial charge in [-0.3, -0.25) is 4.79 Å². The molecule has 2 N–H and O–H groups in total. The number of carbonyl (C=O) groups is 2. The van der Waals surface area contributed by atoms with Crippen LogP contribution in [0, 0.1) is 0 Å². The number of hydrogen-bond acceptors (Lipinski definition) is 5. The van der Waals surface area contributed by atoms with Crippen LogP contribution in [0.15, 0.2) is 12.1 Å². The number of anilines is 1. The van der Waals surface area contributed by atoms with Crippen LogP contribution in [0.3, 0.4) is 0 Å². The molecule has 0 spiro atoms. The molecular formula is C15H20N6O2. The van der Waals surface area contributed by atoms with Crippen molar-refractivity contribution in [1.29, 1.82) is 0 Å². The fourth-order valence-corrected chi connectivity index (χ4v) is 3.08. The number of piperazine rings is 1. The van der Waals surface area contributed by atoms with E-state index in [4.69, 9.17) is 0 Å². The Balaban J connectivity index is 1.33. The largest absolute Gasteiger partial charge is 0.352 e. The standard InChI is InChI=1S/C15H20N6O2/c22-14(12-9-16-15(23)17-12)21-7-5-20(6-8-21)13-4-3-11(18-19-13)10-1-2-10/h3-4,10,12H,1-2,5-9H2,(H2,16,17,23). The van der Waals surface area contributed by atoms with E-state index in [1.807, 2.05) is 6.07 Å². The van der Waals surface area contributed by atoms with E-state index >= 15 is 0 Å². The first-order valence-electron chi connectivity index (χ1n) is 8.12. The van der Waals surface area contributed by atoms with Crippen molar-refractivity contribution in [2.45, 2.75) is 24.8 Å². The van der Waals surface area contributed by atoms with Crippen molar-refractivity contribution in [2.24, 2.45) is 0 Å². The molecule has 3 amide bonds. The molecule has 8 nitrogen and oxygen atoms in total. The Labute approximate surface area is 134 Å². The molecular weight excluding hydrogens is 296 g/mol. The van der Waals surface area contributed by atoms with Gasteiger partial charge in [0.2, 0.25) is 5.91 Å². The molecule has 1 aromatic heterocycles. The number of nitrogens with zero attached hydrogens (tertiary/aromatic N) is 4. The van der Waals surface area contributed by atoms with Crippen molar-refractivity contribution >= 4 is 17.8 Å². The Morgan fingerprint density at radius 2 is 1.91 bits per heavy atom. The average Bonchev–Trinajstić information content (AvgIpc) is 3.36. The fraction of sp³-hybridized carbons (Fsp3) is 0.600. The number of hydrogen-bond donors (Lipinski definition) is 2. The normalized spacial score (nSPS) is 24.3. The Kier molecular flexibility index (Phi) is 3.51. The van der Waals surface area contributed by atoms with Gasteiger partial charge in [0.25, 0.3) is 0 Å². The lowest BCUT2D eigenvalue weighted by Gasteiger charge is -2.36. The van der Waals surface area contributed by atoms with E-state index in [9.17, 15) is 9.59 Å². The van der Waals surface area contributed by atoms with Gasteiger partial charge in [-0.1, -0.05) is 0 Å². The maximum Gasteiger partial charge on any atom is 0.315 e. The van der Waals surface area contributed by atoms with Gasteiger partial charge in [-0.25, -0.2) is 4.79 Å². The van der Waals surface area contributed by atoms with Crippen molar-refractivity contribution in [3.05, 3.63) is 17.8 Å². The van der Waals surface area contributed by atoms with Crippen LogP contribution >= 0.6 is 0 Å². The predicted octanol–water partition coefficient (Wildman–Crippen LogP) is -0.316. The molecule has 122 valence electrons. The van der Waals surface area contributed by atoms with Crippen molar-refractivity contribution in [1.82, 2.24) is 25.7 Å². The van der Waals surface area contributed by atoms with Crippen LogP contribution in [0.2, 0.25) is 0 Å². The van der Waals surface area contributed by atoms with E-state index in [1.54, 1.807) is 4.90 Å². The van der Waals surface area contributed by atoms with Gasteiger partial charge < -0.3 is 20.4 Å². The summed E-state index contributed by atoms with van der Waals surface area (Å²) in [5, 5.41) is 13.9. The van der Waals surface area contributed by atoms with Gasteiger partial charge in [0.05, 0.1) is 5.69 Å². The molecule has 0 radical (unpaired) electrons. The zero-order chi connectivity index (χ0) is 15.8. The van der Waals surface area contributed by atoms with E-state index in [0.717, 1.165) is 24.6 Å². The molecule has 8 heteroatoms. The van der Waals surface area contributed by atoms with Crippen LogP contribution in [0.4, 0.5) is 10.6 Å². The zero-order valence-corrected chi connectivity index (χ0v) is 12.9. The van der Waals surface area contributed by atoms with Gasteiger partial charge in [0, 0.05) is 38.6 Å². The van der Waals surface area contributed by atoms with Crippen LogP contribution in [-0.4, -0.2) is 65.8 Å². The lowest BCUT2D eigenvalue weighted by molar-refractivity contribution is -0.132. The number of nitrogens with one attached hydrogen (secondary N) is 2. The first-order chi connectivity index (χ1) is 11.2. The van der Waals surface area contributed by atoms with E-state index in [-0.39, 0.29) is 11.9 Å². The lowest BCUT2D eigenvalue weighted by atomic mass is 10.2. The van der Waals surface area contributed by atoms with Crippen molar-refractivity contribution in [2.75, 3.05) is 37.6 Å². The molecule has 1 aromatic rings. The minimum absolute atomic E-state index is 0.0156. The Morgan fingerprint density at radius 3 is 2.48 bits per heavy atom. The summed E-state index contributed by atoms with van der Waals surface area (Å²) in [5.74, 6) is 1.47. The summed E-state index contributed by atoms with van der Waals surface area (Å²) >= 11 is 0. The third-order valence-electron chi connectivity index (χ3n) is 4.65. The van der Waals surface area contributed by atoms with Gasteiger partial charge in [0.1, 0.15) is 6.04 Å². The predicted molar refractivity (Wildman–Crippen MR) is 83.1 cm³/mol. The van der Waals surface area contributed by atoms with Gasteiger partial charge in [-0.15, -0.1) is 5.10 Å². The number of amides is 3. The summed E-state index contributed by atoms with van der Waals surface area (Å²) in [5.41, 5.74) is 1.09. The molecule has 1 saturated carbocycles. The molecule has 1 atom stereocenters. The van der Waals surface area contributed by atoms with Crippen LogP contribution in [-0.2, 0) is 4.79 Å². The maximum atomic E-state index is 12.3. The number of rotatable bonds is 3. The number of aromatic nitrogens is 2. The molecule has 1 unspecified atom stereocenters. The summed E-state index contributed by atoms with van der Waals surface area (Å²) < 4.78 is 0. The second kappa shape index (κ2) is 5.68. The summed E-state index contributed by atoms with van der Waals surface area (Å²) in [4.78, 5) is 27.4. The summed E-state index contributed by atoms with van der Waals surface area (Å²) in [6.45, 7) is 3.11. The van der Waals surface area contributed by atoms with Gasteiger partial charge >= 0.3 is 6.03 Å². The number of carbonyl (C=O) groups excluding carboxylic acids is 2. The second-order valence-corrected chi connectivity index (χ2v) is 6.31. The minimum Gasteiger partial charge on any atom is -0.352 e. The van der Waals surface area contributed by atoms with E-state index in [1.165, 1.54) is 12.8 Å². The molecule has 0 aromatic carbocycles. The number of urea groups is 1. The third-order valence-corrected chi connectivity index (χ3v) is 4.65. The molecule has 2 saturated heterocycles. The van der Waals surface area contributed by atoms with Crippen LogP contribution in [0.1, 0.15) is 24.5 Å². The van der Waals surface area contributed by atoms with Gasteiger partial charge in [-0.05, 0) is 25.0 Å². The first kappa shape index (κ1) is 14.2. The van der Waals surface area contributed by atoms with E-state index < -0.39 is 6.04 Å². The minimum atomic E-state index is -0.438. The third kappa shape index (κ3) is 2.93. The molecule has 2 aliphatic heterocycles. The summed E-state index contributed by atoms with van der Waals surface area (Å²) in [6, 6.07) is 3.39. The maximum absolute atomic E-state index is 12.3. The van der Waals surface area contributed by atoms with Crippen LogP contribution in [0.25, 0.3) is 0 Å². The topological polar surface area (TPSA) is 90.5 Å². The Morgan fingerprint density at radius 1 is 1.13 bits per heavy atom. The first-order valence-corrected chi connectivity index (χ1v) is 8.12. The second-order valence-electron chi connectivity index (χ2n) is 6.31. The molecule has 4 rings (SSSR count). The zero-order valence-electron chi connectivity index (χ0n) is 12.9. The smallest absolute Gasteiger partial charge is 0.315 e. The summed E-state index contributed by atoms with van der Waals surface area (Å²) in [6.07, 6.45) is 2.45. The Hall–Kier alpha value is -2.38. The quantitative estimate of drug-likeness (QED) is 0.798. The van der Waals surface area contributed by atoms with Gasteiger partial charge in [-0.2, -0.15) is 5.10 Å². The van der Waals surface area contributed by atoms with Crippen LogP contribution in [0.5, 0.6) is 0 Å². The highest BCUT2D eigenvalue weighted by molar-refractivity contribution is 5.90. The highest BCUT2D eigenvalue weighted by atomic mass is 16.2. The molecule has 3 aliphatic rings. The Bertz CT molecular complexity index is 607. The van der Waals surface area contributed by atoms with Crippen molar-refractivity contribution < 1.29 is 9.59 Å². The fourth-order valence-electron chi connectivity index (χ4n) is 3.08. The highest BCUT2D eigenvalue weighted by Gasteiger charge is 2.32. The van der Waals surface area contributed by atoms with Crippen molar-refractivity contribution in [3.8, 4) is 0 Å². The monoisotopic (exact) mass is 316 g/mol. The molecule has 3 fully saturated rings. The van der Waals surface area contributed by atoms with Crippen LogP contribution < -0.4 is 15.5 Å². The SMILES string of the molecule is O=C1NCC(C(=O)N2CCN(c3ccc(C4CC4)nn3)CC2)N1. The van der Waals surface area contributed by atoms with E-state index in [0.29, 0.717) is 25.6 Å². The molecule has 1 aliphatic carbocycles.